The highest BCUT2D eigenvalue weighted by Gasteiger charge is 1.81. The molecule has 11 heavy (non-hydrogen) atoms. The van der Waals surface area contributed by atoms with Gasteiger partial charge in [0.05, 0.1) is 0 Å². The summed E-state index contributed by atoms with van der Waals surface area (Å²) in [5.41, 5.74) is 0. The monoisotopic (exact) mass is 172 g/mol. The van der Waals surface area contributed by atoms with Crippen LogP contribution in [-0.2, 0) is 0 Å². The van der Waals surface area contributed by atoms with E-state index >= 15 is 0 Å². The van der Waals surface area contributed by atoms with Crippen molar-refractivity contribution in [3.63, 3.8) is 0 Å². The number of unbranched alkanes of at least 4 members (excludes halogenated alkanes) is 3. The van der Waals surface area contributed by atoms with Crippen LogP contribution in [0.5, 0.6) is 0 Å². The predicted octanol–water partition coefficient (Wildman–Crippen LogP) is 4.17. The maximum Gasteiger partial charge on any atom is -0.0319 e. The highest BCUT2D eigenvalue weighted by molar-refractivity contribution is 7.41. The molecule has 0 nitrogen and oxygen atoms in total. The van der Waals surface area contributed by atoms with Crippen molar-refractivity contribution < 1.29 is 0 Å². The zero-order valence-electron chi connectivity index (χ0n) is 7.90. The van der Waals surface area contributed by atoms with Crippen molar-refractivity contribution in [3.05, 3.63) is 11.9 Å². The molecular formula is C10H21P. The molecule has 0 aromatic heterocycles. The summed E-state index contributed by atoms with van der Waals surface area (Å²) in [6.07, 6.45) is 10.5. The molecule has 0 radical (unpaired) electrons. The standard InChI is InChI=1S/C10H21P/c1-3-5-7-8-10-11-9-6-4-2/h8,10-11H,3-7,9H2,1-2H3. The first-order chi connectivity index (χ1) is 5.41. The van der Waals surface area contributed by atoms with Gasteiger partial charge in [0.1, 0.15) is 0 Å². The summed E-state index contributed by atoms with van der Waals surface area (Å²) in [5, 5.41) is 0. The summed E-state index contributed by atoms with van der Waals surface area (Å²) in [7, 11) is 1.07. The van der Waals surface area contributed by atoms with E-state index in [4.69, 9.17) is 0 Å². The van der Waals surface area contributed by atoms with E-state index in [9.17, 15) is 0 Å². The van der Waals surface area contributed by atoms with Crippen LogP contribution in [0.1, 0.15) is 46.0 Å². The first kappa shape index (κ1) is 11.2. The molecule has 0 aromatic rings. The largest absolute Gasteiger partial charge is 0.0987 e. The molecule has 0 bridgehead atoms. The Bertz CT molecular complexity index is 86.9. The van der Waals surface area contributed by atoms with E-state index < -0.39 is 0 Å². The molecule has 0 aliphatic carbocycles. The second-order valence-electron chi connectivity index (χ2n) is 2.85. The van der Waals surface area contributed by atoms with Crippen molar-refractivity contribution in [1.82, 2.24) is 0 Å². The van der Waals surface area contributed by atoms with Gasteiger partial charge in [-0.2, -0.15) is 0 Å². The molecule has 0 aliphatic heterocycles. The van der Waals surface area contributed by atoms with Crippen molar-refractivity contribution in [1.29, 1.82) is 0 Å². The van der Waals surface area contributed by atoms with Gasteiger partial charge in [-0.05, 0) is 19.0 Å². The molecular weight excluding hydrogens is 151 g/mol. The van der Waals surface area contributed by atoms with Gasteiger partial charge < -0.3 is 0 Å². The Labute approximate surface area is 73.2 Å². The van der Waals surface area contributed by atoms with Crippen LogP contribution in [0.15, 0.2) is 11.9 Å². The Hall–Kier alpha value is 0.170. The number of allylic oxidation sites excluding steroid dienone is 1. The molecule has 1 unspecified atom stereocenters. The van der Waals surface area contributed by atoms with Crippen LogP contribution in [0.4, 0.5) is 0 Å². The molecule has 1 heteroatoms. The minimum absolute atomic E-state index is 1.07. The zero-order chi connectivity index (χ0) is 8.36. The van der Waals surface area contributed by atoms with Crippen LogP contribution in [-0.4, -0.2) is 6.16 Å². The molecule has 0 saturated heterocycles. The summed E-state index contributed by atoms with van der Waals surface area (Å²) in [6.45, 7) is 4.50. The number of rotatable bonds is 7. The summed E-state index contributed by atoms with van der Waals surface area (Å²) >= 11 is 0. The van der Waals surface area contributed by atoms with Gasteiger partial charge >= 0.3 is 0 Å². The first-order valence-electron chi connectivity index (χ1n) is 4.80. The van der Waals surface area contributed by atoms with E-state index in [1.54, 1.807) is 0 Å². The molecule has 0 aromatic carbocycles. The zero-order valence-corrected chi connectivity index (χ0v) is 8.90. The molecule has 0 fully saturated rings. The van der Waals surface area contributed by atoms with E-state index in [0.29, 0.717) is 0 Å². The third kappa shape index (κ3) is 10.2. The quantitative estimate of drug-likeness (QED) is 0.399. The molecule has 0 saturated carbocycles. The Balaban J connectivity index is 2.91. The fourth-order valence-electron chi connectivity index (χ4n) is 0.851. The molecule has 0 heterocycles. The Morgan fingerprint density at radius 1 is 1.09 bits per heavy atom. The molecule has 0 aliphatic rings. The van der Waals surface area contributed by atoms with E-state index in [2.05, 4.69) is 25.7 Å². The third-order valence-corrected chi connectivity index (χ3v) is 2.75. The van der Waals surface area contributed by atoms with Crippen molar-refractivity contribution >= 4 is 8.58 Å². The van der Waals surface area contributed by atoms with Crippen molar-refractivity contribution in [2.45, 2.75) is 46.0 Å². The van der Waals surface area contributed by atoms with Gasteiger partial charge in [0, 0.05) is 0 Å². The summed E-state index contributed by atoms with van der Waals surface area (Å²) in [6, 6.07) is 0. The van der Waals surface area contributed by atoms with Crippen LogP contribution in [0.25, 0.3) is 0 Å². The lowest BCUT2D eigenvalue weighted by molar-refractivity contribution is 0.815. The normalized spacial score (nSPS) is 12.2. The number of hydrogen-bond acceptors (Lipinski definition) is 0. The van der Waals surface area contributed by atoms with Crippen LogP contribution < -0.4 is 0 Å². The first-order valence-corrected chi connectivity index (χ1v) is 6.08. The molecule has 0 rings (SSSR count). The SMILES string of the molecule is CCCCC=CPCCCC. The van der Waals surface area contributed by atoms with Gasteiger partial charge in [-0.15, -0.1) is 0 Å². The molecule has 1 atom stereocenters. The Morgan fingerprint density at radius 2 is 1.82 bits per heavy atom. The summed E-state index contributed by atoms with van der Waals surface area (Å²) in [4.78, 5) is 0. The van der Waals surface area contributed by atoms with Crippen molar-refractivity contribution in [2.24, 2.45) is 0 Å². The van der Waals surface area contributed by atoms with E-state index in [1.165, 1.54) is 38.3 Å². The molecule has 66 valence electrons. The van der Waals surface area contributed by atoms with Crippen LogP contribution >= 0.6 is 8.58 Å². The minimum atomic E-state index is 1.07. The van der Waals surface area contributed by atoms with E-state index in [0.717, 1.165) is 8.58 Å². The molecule has 0 spiro atoms. The van der Waals surface area contributed by atoms with Gasteiger partial charge in [0.15, 0.2) is 0 Å². The highest BCUT2D eigenvalue weighted by atomic mass is 31.1. The van der Waals surface area contributed by atoms with Crippen LogP contribution in [0.2, 0.25) is 0 Å². The van der Waals surface area contributed by atoms with Crippen LogP contribution in [0.3, 0.4) is 0 Å². The van der Waals surface area contributed by atoms with Gasteiger partial charge in [-0.3, -0.25) is 0 Å². The second-order valence-corrected chi connectivity index (χ2v) is 4.09. The molecule has 0 N–H and O–H groups in total. The number of hydrogen-bond donors (Lipinski definition) is 0. The van der Waals surface area contributed by atoms with E-state index in [-0.39, 0.29) is 0 Å². The maximum absolute atomic E-state index is 2.37. The van der Waals surface area contributed by atoms with Gasteiger partial charge in [-0.1, -0.05) is 53.6 Å². The summed E-state index contributed by atoms with van der Waals surface area (Å²) in [5.74, 6) is 2.37. The van der Waals surface area contributed by atoms with Gasteiger partial charge in [0.25, 0.3) is 0 Å². The maximum atomic E-state index is 2.37. The Morgan fingerprint density at radius 3 is 2.45 bits per heavy atom. The topological polar surface area (TPSA) is 0 Å². The van der Waals surface area contributed by atoms with Gasteiger partial charge in [-0.25, -0.2) is 0 Å². The third-order valence-electron chi connectivity index (χ3n) is 1.63. The molecule has 0 amide bonds. The lowest BCUT2D eigenvalue weighted by Crippen LogP contribution is -1.70. The lowest BCUT2D eigenvalue weighted by atomic mass is 10.2. The predicted molar refractivity (Wildman–Crippen MR) is 56.8 cm³/mol. The minimum Gasteiger partial charge on any atom is -0.0987 e. The average Bonchev–Trinajstić information content (AvgIpc) is 2.03. The fraction of sp³-hybridized carbons (Fsp3) is 0.800. The highest BCUT2D eigenvalue weighted by Crippen LogP contribution is 2.14. The Kier molecular flexibility index (Phi) is 10.3. The lowest BCUT2D eigenvalue weighted by Gasteiger charge is -1.92. The summed E-state index contributed by atoms with van der Waals surface area (Å²) < 4.78 is 0. The smallest absolute Gasteiger partial charge is 0.0319 e. The second kappa shape index (κ2) is 10.2. The fourth-order valence-corrected chi connectivity index (χ4v) is 1.91. The van der Waals surface area contributed by atoms with Gasteiger partial charge in [0.2, 0.25) is 0 Å². The van der Waals surface area contributed by atoms with Crippen molar-refractivity contribution in [3.8, 4) is 0 Å². The average molecular weight is 172 g/mol. The van der Waals surface area contributed by atoms with Crippen molar-refractivity contribution in [2.75, 3.05) is 6.16 Å². The van der Waals surface area contributed by atoms with Crippen LogP contribution in [0, 0.1) is 0 Å². The van der Waals surface area contributed by atoms with E-state index in [1.807, 2.05) is 0 Å².